The Bertz CT molecular complexity index is 1220. The number of ether oxygens (including phenoxy) is 1. The zero-order chi connectivity index (χ0) is 20.6. The number of carbonyl (C=O) groups excluding carboxylic acids is 1. The van der Waals surface area contributed by atoms with Crippen molar-refractivity contribution in [3.8, 4) is 16.9 Å². The molecule has 0 saturated carbocycles. The van der Waals surface area contributed by atoms with Gasteiger partial charge >= 0.3 is 0 Å². The van der Waals surface area contributed by atoms with Crippen molar-refractivity contribution in [1.82, 2.24) is 4.98 Å². The van der Waals surface area contributed by atoms with E-state index in [4.69, 9.17) is 16.3 Å². The first-order valence-corrected chi connectivity index (χ1v) is 10.2. The summed E-state index contributed by atoms with van der Waals surface area (Å²) in [6, 6.07) is 11.0. The van der Waals surface area contributed by atoms with Crippen LogP contribution in [0.4, 0.5) is 15.8 Å². The molecule has 1 amide bonds. The summed E-state index contributed by atoms with van der Waals surface area (Å²) < 4.78 is 45.9. The van der Waals surface area contributed by atoms with Crippen molar-refractivity contribution in [2.24, 2.45) is 0 Å². The number of carbonyl (C=O) groups is 1. The fourth-order valence-corrected chi connectivity index (χ4v) is 4.02. The van der Waals surface area contributed by atoms with Gasteiger partial charge in [-0.2, -0.15) is 0 Å². The summed E-state index contributed by atoms with van der Waals surface area (Å²) in [6.45, 7) is -0.0514. The van der Waals surface area contributed by atoms with E-state index in [9.17, 15) is 17.6 Å². The lowest BCUT2D eigenvalue weighted by Gasteiger charge is -2.18. The molecule has 2 N–H and O–H groups in total. The molecule has 148 valence electrons. The van der Waals surface area contributed by atoms with Gasteiger partial charge in [-0.25, -0.2) is 17.8 Å². The van der Waals surface area contributed by atoms with Gasteiger partial charge in [0.25, 0.3) is 15.9 Å². The molecule has 1 aromatic heterocycles. The van der Waals surface area contributed by atoms with E-state index < -0.39 is 15.8 Å². The first kappa shape index (κ1) is 19.2. The molecule has 0 aliphatic carbocycles. The highest BCUT2D eigenvalue weighted by Crippen LogP contribution is 2.34. The van der Waals surface area contributed by atoms with Crippen LogP contribution in [-0.2, 0) is 14.8 Å². The van der Waals surface area contributed by atoms with Gasteiger partial charge in [0.05, 0.1) is 16.3 Å². The van der Waals surface area contributed by atoms with Crippen LogP contribution >= 0.6 is 11.6 Å². The molecule has 0 atom stereocenters. The van der Waals surface area contributed by atoms with E-state index in [0.717, 1.165) is 24.3 Å². The Morgan fingerprint density at radius 3 is 2.62 bits per heavy atom. The molecule has 1 aliphatic rings. The maximum atomic E-state index is 13.1. The molecule has 0 spiro atoms. The molecule has 4 rings (SSSR count). The highest BCUT2D eigenvalue weighted by atomic mass is 35.5. The molecule has 3 aromatic rings. The molecule has 0 radical (unpaired) electrons. The lowest BCUT2D eigenvalue weighted by Crippen LogP contribution is -2.25. The maximum absolute atomic E-state index is 13.1. The summed E-state index contributed by atoms with van der Waals surface area (Å²) in [5.74, 6) is -0.279. The Morgan fingerprint density at radius 1 is 1.10 bits per heavy atom. The molecule has 1 aliphatic heterocycles. The molecule has 10 heteroatoms. The molecular formula is C19H13ClFN3O4S. The third-order valence-corrected chi connectivity index (χ3v) is 5.84. The molecular weight excluding hydrogens is 421 g/mol. The van der Waals surface area contributed by atoms with E-state index in [1.165, 1.54) is 12.3 Å². The van der Waals surface area contributed by atoms with Crippen LogP contribution in [0.3, 0.4) is 0 Å². The molecule has 0 fully saturated rings. The monoisotopic (exact) mass is 433 g/mol. The Morgan fingerprint density at radius 2 is 1.86 bits per heavy atom. The number of rotatable bonds is 4. The number of aromatic nitrogens is 1. The summed E-state index contributed by atoms with van der Waals surface area (Å²) >= 11 is 6.06. The average Bonchev–Trinajstić information content (AvgIpc) is 2.69. The molecule has 29 heavy (non-hydrogen) atoms. The van der Waals surface area contributed by atoms with Gasteiger partial charge in [0, 0.05) is 11.8 Å². The number of pyridine rings is 1. The first-order chi connectivity index (χ1) is 13.8. The van der Waals surface area contributed by atoms with Crippen LogP contribution in [-0.4, -0.2) is 25.9 Å². The summed E-state index contributed by atoms with van der Waals surface area (Å²) in [5, 5.41) is 2.66. The zero-order valence-electron chi connectivity index (χ0n) is 14.6. The van der Waals surface area contributed by atoms with Crippen molar-refractivity contribution in [3.63, 3.8) is 0 Å². The minimum Gasteiger partial charge on any atom is -0.482 e. The number of sulfonamides is 1. The number of hydrogen-bond donors (Lipinski definition) is 2. The van der Waals surface area contributed by atoms with Gasteiger partial charge in [-0.1, -0.05) is 17.7 Å². The summed E-state index contributed by atoms with van der Waals surface area (Å²) in [7, 11) is -3.99. The highest BCUT2D eigenvalue weighted by molar-refractivity contribution is 7.92. The van der Waals surface area contributed by atoms with Crippen molar-refractivity contribution in [3.05, 3.63) is 65.7 Å². The smallest absolute Gasteiger partial charge is 0.262 e. The van der Waals surface area contributed by atoms with Gasteiger partial charge < -0.3 is 10.1 Å². The van der Waals surface area contributed by atoms with Crippen LogP contribution < -0.4 is 14.8 Å². The zero-order valence-corrected chi connectivity index (χ0v) is 16.2. The Hall–Kier alpha value is -3.17. The molecule has 2 heterocycles. The predicted octanol–water partition coefficient (Wildman–Crippen LogP) is 3.67. The predicted molar refractivity (Wildman–Crippen MR) is 106 cm³/mol. The summed E-state index contributed by atoms with van der Waals surface area (Å²) in [4.78, 5) is 15.4. The lowest BCUT2D eigenvalue weighted by molar-refractivity contribution is -0.118. The fourth-order valence-electron chi connectivity index (χ4n) is 2.76. The van der Waals surface area contributed by atoms with E-state index in [1.54, 1.807) is 18.2 Å². The Balaban J connectivity index is 1.67. The van der Waals surface area contributed by atoms with Crippen molar-refractivity contribution >= 4 is 38.9 Å². The second kappa shape index (κ2) is 7.34. The molecule has 2 aromatic carbocycles. The second-order valence-corrected chi connectivity index (χ2v) is 8.21. The number of hydrogen-bond acceptors (Lipinski definition) is 5. The molecule has 0 bridgehead atoms. The van der Waals surface area contributed by atoms with E-state index >= 15 is 0 Å². The van der Waals surface area contributed by atoms with Gasteiger partial charge in [-0.15, -0.1) is 0 Å². The van der Waals surface area contributed by atoms with Gasteiger partial charge in [0.2, 0.25) is 0 Å². The molecule has 0 unspecified atom stereocenters. The largest absolute Gasteiger partial charge is 0.482 e. The van der Waals surface area contributed by atoms with Crippen molar-refractivity contribution in [2.45, 2.75) is 4.90 Å². The SMILES string of the molecule is O=C1COc2ccc(-c3cnc(Cl)c(NS(=O)(=O)c4ccc(F)cc4)c3)cc2N1. The topological polar surface area (TPSA) is 97.4 Å². The number of halogens is 2. The van der Waals surface area contributed by atoms with Crippen molar-refractivity contribution in [1.29, 1.82) is 0 Å². The van der Waals surface area contributed by atoms with Crippen LogP contribution in [0.1, 0.15) is 0 Å². The van der Waals surface area contributed by atoms with Crippen LogP contribution in [0.2, 0.25) is 5.15 Å². The Labute approximate surface area is 170 Å². The lowest BCUT2D eigenvalue weighted by atomic mass is 10.1. The third-order valence-electron chi connectivity index (χ3n) is 4.15. The second-order valence-electron chi connectivity index (χ2n) is 6.17. The van der Waals surface area contributed by atoms with Gasteiger partial charge in [0.1, 0.15) is 11.6 Å². The van der Waals surface area contributed by atoms with Gasteiger partial charge in [0.15, 0.2) is 11.8 Å². The summed E-state index contributed by atoms with van der Waals surface area (Å²) in [5.41, 5.74) is 1.79. The standard InChI is InChI=1S/C19H13ClFN3O4S/c20-19-16(24-29(26,27)14-4-2-13(21)3-5-14)8-12(9-22-19)11-1-6-17-15(7-11)23-18(25)10-28-17/h1-9,24H,10H2,(H,23,25). The number of amides is 1. The molecule has 7 nitrogen and oxygen atoms in total. The average molecular weight is 434 g/mol. The molecule has 0 saturated heterocycles. The van der Waals surface area contributed by atoms with Crippen LogP contribution in [0.5, 0.6) is 5.75 Å². The highest BCUT2D eigenvalue weighted by Gasteiger charge is 2.19. The Kier molecular flexibility index (Phi) is 4.85. The van der Waals surface area contributed by atoms with Crippen molar-refractivity contribution in [2.75, 3.05) is 16.6 Å². The normalized spacial score (nSPS) is 13.2. The fraction of sp³-hybridized carbons (Fsp3) is 0.0526. The number of fused-ring (bicyclic) bond motifs is 1. The number of nitrogens with one attached hydrogen (secondary N) is 2. The van der Waals surface area contributed by atoms with E-state index in [-0.39, 0.29) is 28.3 Å². The van der Waals surface area contributed by atoms with Crippen LogP contribution in [0.25, 0.3) is 11.1 Å². The van der Waals surface area contributed by atoms with Crippen molar-refractivity contribution < 1.29 is 22.3 Å². The van der Waals surface area contributed by atoms with Crippen LogP contribution in [0.15, 0.2) is 59.6 Å². The van der Waals surface area contributed by atoms with Crippen LogP contribution in [0, 0.1) is 5.82 Å². The van der Waals surface area contributed by atoms with E-state index in [1.807, 2.05) is 0 Å². The minimum atomic E-state index is -3.99. The summed E-state index contributed by atoms with van der Waals surface area (Å²) in [6.07, 6.45) is 1.48. The number of anilines is 2. The minimum absolute atomic E-state index is 0.0472. The van der Waals surface area contributed by atoms with E-state index in [2.05, 4.69) is 15.0 Å². The quantitative estimate of drug-likeness (QED) is 0.612. The van der Waals surface area contributed by atoms with Gasteiger partial charge in [-0.3, -0.25) is 9.52 Å². The van der Waals surface area contributed by atoms with Gasteiger partial charge in [-0.05, 0) is 48.0 Å². The van der Waals surface area contributed by atoms with E-state index in [0.29, 0.717) is 22.6 Å². The number of benzene rings is 2. The number of nitrogens with zero attached hydrogens (tertiary/aromatic N) is 1. The third kappa shape index (κ3) is 4.01. The maximum Gasteiger partial charge on any atom is 0.262 e. The first-order valence-electron chi connectivity index (χ1n) is 8.33.